The Balaban J connectivity index is 2.64. The second-order valence-corrected chi connectivity index (χ2v) is 4.29. The lowest BCUT2D eigenvalue weighted by atomic mass is 10.3. The van der Waals surface area contributed by atoms with Crippen molar-refractivity contribution in [1.29, 1.82) is 0 Å². The highest BCUT2D eigenvalue weighted by molar-refractivity contribution is 5.94. The summed E-state index contributed by atoms with van der Waals surface area (Å²) in [5.41, 5.74) is 5.10. The second-order valence-electron chi connectivity index (χ2n) is 4.29. The molecule has 0 aliphatic heterocycles. The van der Waals surface area contributed by atoms with Crippen LogP contribution >= 0.6 is 0 Å². The minimum Gasteiger partial charge on any atom is -0.493 e. The van der Waals surface area contributed by atoms with Crippen molar-refractivity contribution in [3.05, 3.63) is 18.0 Å². The van der Waals surface area contributed by atoms with Gasteiger partial charge in [-0.1, -0.05) is 6.92 Å². The lowest BCUT2D eigenvalue weighted by Gasteiger charge is -2.14. The van der Waals surface area contributed by atoms with Crippen molar-refractivity contribution >= 4 is 11.9 Å². The molecule has 8 heteroatoms. The number of hydrogen-bond donors (Lipinski definition) is 1. The first-order valence-electron chi connectivity index (χ1n) is 6.75. The standard InChI is InChI=1S/C14H20N2O6/c1-4-7-20-9(2)14(18)22-8-21-12-10(19-3)5-6-16-11(12)13(15)17/h5-6,9H,4,7-8H2,1-3H3,(H2,15,17). The van der Waals surface area contributed by atoms with Gasteiger partial charge in [-0.2, -0.15) is 0 Å². The number of nitrogens with zero attached hydrogens (tertiary/aromatic N) is 1. The second kappa shape index (κ2) is 8.83. The molecular weight excluding hydrogens is 292 g/mol. The Morgan fingerprint density at radius 2 is 2.14 bits per heavy atom. The number of esters is 1. The summed E-state index contributed by atoms with van der Waals surface area (Å²) in [6.45, 7) is 3.55. The van der Waals surface area contributed by atoms with E-state index in [1.807, 2.05) is 6.92 Å². The monoisotopic (exact) mass is 312 g/mol. The molecule has 0 saturated carbocycles. The number of amides is 1. The average molecular weight is 312 g/mol. The molecule has 22 heavy (non-hydrogen) atoms. The summed E-state index contributed by atoms with van der Waals surface area (Å²) < 4.78 is 20.5. The number of rotatable bonds is 9. The van der Waals surface area contributed by atoms with Crippen LogP contribution in [0.25, 0.3) is 0 Å². The summed E-state index contributed by atoms with van der Waals surface area (Å²) >= 11 is 0. The smallest absolute Gasteiger partial charge is 0.337 e. The first kappa shape index (κ1) is 17.7. The van der Waals surface area contributed by atoms with Gasteiger partial charge in [0.2, 0.25) is 6.79 Å². The van der Waals surface area contributed by atoms with E-state index in [1.165, 1.54) is 19.4 Å². The largest absolute Gasteiger partial charge is 0.493 e. The van der Waals surface area contributed by atoms with E-state index in [0.717, 1.165) is 6.42 Å². The number of carbonyl (C=O) groups excluding carboxylic acids is 2. The van der Waals surface area contributed by atoms with Crippen LogP contribution in [0, 0.1) is 0 Å². The van der Waals surface area contributed by atoms with Gasteiger partial charge in [0.25, 0.3) is 5.91 Å². The molecule has 0 spiro atoms. The number of methoxy groups -OCH3 is 1. The van der Waals surface area contributed by atoms with Crippen LogP contribution in [0.3, 0.4) is 0 Å². The molecule has 122 valence electrons. The third-order valence-electron chi connectivity index (χ3n) is 2.63. The van der Waals surface area contributed by atoms with Crippen molar-refractivity contribution in [3.63, 3.8) is 0 Å². The molecule has 1 aromatic rings. The molecule has 1 rings (SSSR count). The fraction of sp³-hybridized carbons (Fsp3) is 0.500. The number of primary amides is 1. The SMILES string of the molecule is CCCOC(C)C(=O)OCOc1c(OC)ccnc1C(N)=O. The molecule has 0 saturated heterocycles. The average Bonchev–Trinajstić information content (AvgIpc) is 2.52. The van der Waals surface area contributed by atoms with Crippen LogP contribution in [0.2, 0.25) is 0 Å². The number of aromatic nitrogens is 1. The highest BCUT2D eigenvalue weighted by atomic mass is 16.7. The van der Waals surface area contributed by atoms with Crippen LogP contribution in [0.4, 0.5) is 0 Å². The molecule has 0 aliphatic carbocycles. The summed E-state index contributed by atoms with van der Waals surface area (Å²) in [4.78, 5) is 26.8. The van der Waals surface area contributed by atoms with Gasteiger partial charge >= 0.3 is 5.97 Å². The van der Waals surface area contributed by atoms with E-state index >= 15 is 0 Å². The zero-order chi connectivity index (χ0) is 16.5. The molecule has 0 radical (unpaired) electrons. The Morgan fingerprint density at radius 3 is 2.73 bits per heavy atom. The van der Waals surface area contributed by atoms with Gasteiger partial charge in [0.15, 0.2) is 23.3 Å². The van der Waals surface area contributed by atoms with Gasteiger partial charge in [-0.05, 0) is 13.3 Å². The van der Waals surface area contributed by atoms with E-state index in [4.69, 9.17) is 24.7 Å². The number of pyridine rings is 1. The first-order valence-corrected chi connectivity index (χ1v) is 6.75. The van der Waals surface area contributed by atoms with Crippen LogP contribution < -0.4 is 15.2 Å². The van der Waals surface area contributed by atoms with Gasteiger partial charge in [0, 0.05) is 18.9 Å². The van der Waals surface area contributed by atoms with Crippen LogP contribution in [0.5, 0.6) is 11.5 Å². The van der Waals surface area contributed by atoms with Crippen molar-refractivity contribution < 1.29 is 28.5 Å². The predicted octanol–water partition coefficient (Wildman–Crippen LogP) is 0.884. The van der Waals surface area contributed by atoms with Crippen molar-refractivity contribution in [3.8, 4) is 11.5 Å². The highest BCUT2D eigenvalue weighted by Gasteiger charge is 2.19. The van der Waals surface area contributed by atoms with E-state index in [1.54, 1.807) is 6.92 Å². The van der Waals surface area contributed by atoms with E-state index in [9.17, 15) is 9.59 Å². The summed E-state index contributed by atoms with van der Waals surface area (Å²) in [6.07, 6.45) is 1.46. The summed E-state index contributed by atoms with van der Waals surface area (Å²) in [5.74, 6) is -1.07. The molecule has 0 aromatic carbocycles. The Labute approximate surface area is 128 Å². The van der Waals surface area contributed by atoms with Gasteiger partial charge in [-0.15, -0.1) is 0 Å². The molecule has 0 bridgehead atoms. The first-order chi connectivity index (χ1) is 10.5. The maximum absolute atomic E-state index is 11.6. The predicted molar refractivity (Wildman–Crippen MR) is 76.6 cm³/mol. The van der Waals surface area contributed by atoms with E-state index in [2.05, 4.69) is 4.98 Å². The molecule has 1 unspecified atom stereocenters. The van der Waals surface area contributed by atoms with E-state index < -0.39 is 24.8 Å². The molecule has 0 aliphatic rings. The lowest BCUT2D eigenvalue weighted by Crippen LogP contribution is -2.25. The zero-order valence-corrected chi connectivity index (χ0v) is 12.8. The van der Waals surface area contributed by atoms with E-state index in [0.29, 0.717) is 6.61 Å². The number of nitrogens with two attached hydrogens (primary N) is 1. The van der Waals surface area contributed by atoms with Crippen molar-refractivity contribution in [2.75, 3.05) is 20.5 Å². The summed E-state index contributed by atoms with van der Waals surface area (Å²) in [7, 11) is 1.40. The van der Waals surface area contributed by atoms with Crippen molar-refractivity contribution in [2.24, 2.45) is 5.73 Å². The maximum atomic E-state index is 11.6. The van der Waals surface area contributed by atoms with Gasteiger partial charge in [-0.25, -0.2) is 9.78 Å². The topological polar surface area (TPSA) is 110 Å². The molecule has 1 amide bonds. The fourth-order valence-electron chi connectivity index (χ4n) is 1.53. The van der Waals surface area contributed by atoms with Gasteiger partial charge in [-0.3, -0.25) is 4.79 Å². The molecule has 1 atom stereocenters. The zero-order valence-electron chi connectivity index (χ0n) is 12.8. The van der Waals surface area contributed by atoms with E-state index in [-0.39, 0.29) is 17.2 Å². The Kier molecular flexibility index (Phi) is 7.11. The van der Waals surface area contributed by atoms with Gasteiger partial charge in [0.05, 0.1) is 7.11 Å². The minimum absolute atomic E-state index is 0.0208. The molecule has 1 heterocycles. The molecule has 8 nitrogen and oxygen atoms in total. The lowest BCUT2D eigenvalue weighted by molar-refractivity contribution is -0.162. The van der Waals surface area contributed by atoms with Crippen LogP contribution in [0.1, 0.15) is 30.8 Å². The Hall–Kier alpha value is -2.35. The van der Waals surface area contributed by atoms with Crippen LogP contribution in [0.15, 0.2) is 12.3 Å². The number of hydrogen-bond acceptors (Lipinski definition) is 7. The summed E-state index contributed by atoms with van der Waals surface area (Å²) in [5, 5.41) is 0. The molecule has 0 fully saturated rings. The van der Waals surface area contributed by atoms with Crippen molar-refractivity contribution in [1.82, 2.24) is 4.98 Å². The quantitative estimate of drug-likeness (QED) is 0.532. The van der Waals surface area contributed by atoms with Gasteiger partial charge in [0.1, 0.15) is 0 Å². The minimum atomic E-state index is -0.778. The molecular formula is C14H20N2O6. The highest BCUT2D eigenvalue weighted by Crippen LogP contribution is 2.29. The Bertz CT molecular complexity index is 520. The molecule has 1 aromatic heterocycles. The fourth-order valence-corrected chi connectivity index (χ4v) is 1.53. The van der Waals surface area contributed by atoms with Crippen LogP contribution in [-0.4, -0.2) is 43.5 Å². The third kappa shape index (κ3) is 4.88. The number of ether oxygens (including phenoxy) is 4. The maximum Gasteiger partial charge on any atom is 0.337 e. The van der Waals surface area contributed by atoms with Crippen molar-refractivity contribution in [2.45, 2.75) is 26.4 Å². The number of carbonyl (C=O) groups is 2. The third-order valence-corrected chi connectivity index (χ3v) is 2.63. The summed E-state index contributed by atoms with van der Waals surface area (Å²) in [6, 6.07) is 1.50. The normalized spacial score (nSPS) is 11.6. The Morgan fingerprint density at radius 1 is 1.41 bits per heavy atom. The molecule has 2 N–H and O–H groups in total. The van der Waals surface area contributed by atoms with Gasteiger partial charge < -0.3 is 24.7 Å². The van der Waals surface area contributed by atoms with Crippen LogP contribution in [-0.2, 0) is 14.3 Å².